The van der Waals surface area contributed by atoms with Gasteiger partial charge in [0.1, 0.15) is 24.0 Å². The molecule has 2 N–H and O–H groups in total. The summed E-state index contributed by atoms with van der Waals surface area (Å²) in [5.74, 6) is 1.48. The second-order valence-electron chi connectivity index (χ2n) is 4.47. The molecule has 0 bridgehead atoms. The van der Waals surface area contributed by atoms with Crippen molar-refractivity contribution in [3.05, 3.63) is 12.4 Å². The first-order chi connectivity index (χ1) is 9.76. The number of morpholine rings is 1. The Morgan fingerprint density at radius 1 is 1.45 bits per heavy atom. The molecule has 1 aliphatic heterocycles. The molecule has 1 amide bonds. The second kappa shape index (κ2) is 7.04. The van der Waals surface area contributed by atoms with E-state index in [9.17, 15) is 4.79 Å². The maximum absolute atomic E-state index is 12.1. The number of nitrogens with one attached hydrogen (secondary N) is 2. The number of likely N-dealkylation sites (N-methyl/N-ethyl adjacent to an activating group) is 1. The van der Waals surface area contributed by atoms with Gasteiger partial charge in [0.05, 0.1) is 13.2 Å². The molecule has 7 heteroatoms. The van der Waals surface area contributed by atoms with Gasteiger partial charge in [-0.15, -0.1) is 0 Å². The highest BCUT2D eigenvalue weighted by molar-refractivity contribution is 5.85. The third kappa shape index (κ3) is 3.36. The molecule has 2 rings (SSSR count). The molecule has 0 saturated carbocycles. The summed E-state index contributed by atoms with van der Waals surface area (Å²) >= 11 is 0. The van der Waals surface area contributed by atoms with Crippen molar-refractivity contribution in [1.29, 1.82) is 0 Å². The lowest BCUT2D eigenvalue weighted by atomic mass is 10.2. The lowest BCUT2D eigenvalue weighted by Gasteiger charge is -2.35. The Hall–Kier alpha value is -1.89. The zero-order valence-corrected chi connectivity index (χ0v) is 11.9. The van der Waals surface area contributed by atoms with E-state index in [-0.39, 0.29) is 11.9 Å². The van der Waals surface area contributed by atoms with Gasteiger partial charge < -0.3 is 20.3 Å². The van der Waals surface area contributed by atoms with Crippen LogP contribution in [0.25, 0.3) is 0 Å². The van der Waals surface area contributed by atoms with Crippen LogP contribution in [0.1, 0.15) is 13.8 Å². The molecule has 110 valence electrons. The lowest BCUT2D eigenvalue weighted by Crippen LogP contribution is -2.54. The number of anilines is 2. The molecule has 0 radical (unpaired) electrons. The van der Waals surface area contributed by atoms with E-state index >= 15 is 0 Å². The average Bonchev–Trinajstić information content (AvgIpc) is 2.48. The van der Waals surface area contributed by atoms with Crippen LogP contribution in [0.2, 0.25) is 0 Å². The van der Waals surface area contributed by atoms with Crippen LogP contribution in [0.3, 0.4) is 0 Å². The Morgan fingerprint density at radius 2 is 2.30 bits per heavy atom. The van der Waals surface area contributed by atoms with Crippen molar-refractivity contribution >= 4 is 17.5 Å². The van der Waals surface area contributed by atoms with Crippen molar-refractivity contribution in [2.75, 3.05) is 43.1 Å². The average molecular weight is 279 g/mol. The molecule has 20 heavy (non-hydrogen) atoms. The van der Waals surface area contributed by atoms with E-state index in [1.165, 1.54) is 6.33 Å². The Balaban J connectivity index is 2.18. The van der Waals surface area contributed by atoms with Crippen molar-refractivity contribution in [2.24, 2.45) is 0 Å². The summed E-state index contributed by atoms with van der Waals surface area (Å²) in [6.07, 6.45) is 1.51. The van der Waals surface area contributed by atoms with Crippen LogP contribution in [-0.2, 0) is 9.53 Å². The van der Waals surface area contributed by atoms with E-state index in [0.717, 1.165) is 18.2 Å². The van der Waals surface area contributed by atoms with Crippen LogP contribution in [0.4, 0.5) is 11.6 Å². The predicted molar refractivity (Wildman–Crippen MR) is 76.8 cm³/mol. The van der Waals surface area contributed by atoms with Crippen LogP contribution in [0.15, 0.2) is 12.4 Å². The van der Waals surface area contributed by atoms with Gasteiger partial charge in [0.15, 0.2) is 0 Å². The summed E-state index contributed by atoms with van der Waals surface area (Å²) in [5.41, 5.74) is 0. The molecule has 1 unspecified atom stereocenters. The second-order valence-corrected chi connectivity index (χ2v) is 4.47. The van der Waals surface area contributed by atoms with E-state index in [4.69, 9.17) is 4.74 Å². The SMILES string of the molecule is CCNC(=O)C1COCCN1c1cc(NCC)ncn1. The molecule has 1 atom stereocenters. The standard InChI is InChI=1S/C13H21N5O2/c1-3-14-11-7-12(17-9-16-11)18-5-6-20-8-10(18)13(19)15-4-2/h7,9-10H,3-6,8H2,1-2H3,(H,15,19)(H,14,16,17). The van der Waals surface area contributed by atoms with Gasteiger partial charge in [-0.05, 0) is 13.8 Å². The fourth-order valence-corrected chi connectivity index (χ4v) is 2.17. The molecule has 1 aromatic heterocycles. The van der Waals surface area contributed by atoms with Crippen LogP contribution in [-0.4, -0.2) is 54.8 Å². The zero-order valence-electron chi connectivity index (χ0n) is 11.9. The van der Waals surface area contributed by atoms with Crippen LogP contribution in [0.5, 0.6) is 0 Å². The van der Waals surface area contributed by atoms with E-state index in [2.05, 4.69) is 20.6 Å². The molecule has 7 nitrogen and oxygen atoms in total. The molecule has 1 aliphatic rings. The maximum Gasteiger partial charge on any atom is 0.245 e. The number of aromatic nitrogens is 2. The largest absolute Gasteiger partial charge is 0.377 e. The molecule has 1 aromatic rings. The van der Waals surface area contributed by atoms with E-state index in [1.807, 2.05) is 24.8 Å². The van der Waals surface area contributed by atoms with Gasteiger partial charge in [0.25, 0.3) is 0 Å². The molecule has 1 saturated heterocycles. The molecule has 1 fully saturated rings. The highest BCUT2D eigenvalue weighted by atomic mass is 16.5. The van der Waals surface area contributed by atoms with E-state index < -0.39 is 0 Å². The molecule has 0 aromatic carbocycles. The quantitative estimate of drug-likeness (QED) is 0.804. The van der Waals surface area contributed by atoms with Crippen LogP contribution in [0, 0.1) is 0 Å². The van der Waals surface area contributed by atoms with Gasteiger partial charge in [-0.25, -0.2) is 9.97 Å². The summed E-state index contributed by atoms with van der Waals surface area (Å²) in [5, 5.41) is 5.98. The van der Waals surface area contributed by atoms with E-state index in [1.54, 1.807) is 0 Å². The van der Waals surface area contributed by atoms with Gasteiger partial charge in [0, 0.05) is 25.7 Å². The minimum absolute atomic E-state index is 0.0317. The smallest absolute Gasteiger partial charge is 0.245 e. The maximum atomic E-state index is 12.1. The normalized spacial score (nSPS) is 18.7. The van der Waals surface area contributed by atoms with Crippen molar-refractivity contribution < 1.29 is 9.53 Å². The number of rotatable bonds is 5. The molecule has 0 spiro atoms. The van der Waals surface area contributed by atoms with Gasteiger partial charge >= 0.3 is 0 Å². The minimum Gasteiger partial charge on any atom is -0.377 e. The first-order valence-electron chi connectivity index (χ1n) is 6.94. The van der Waals surface area contributed by atoms with Crippen molar-refractivity contribution in [2.45, 2.75) is 19.9 Å². The number of nitrogens with zero attached hydrogens (tertiary/aromatic N) is 3. The van der Waals surface area contributed by atoms with Gasteiger partial charge in [-0.3, -0.25) is 4.79 Å². The van der Waals surface area contributed by atoms with Gasteiger partial charge in [-0.1, -0.05) is 0 Å². The Kier molecular flexibility index (Phi) is 5.11. The Morgan fingerprint density at radius 3 is 3.05 bits per heavy atom. The van der Waals surface area contributed by atoms with Crippen molar-refractivity contribution in [3.8, 4) is 0 Å². The summed E-state index contributed by atoms with van der Waals surface area (Å²) in [4.78, 5) is 22.5. The number of carbonyl (C=O) groups is 1. The summed E-state index contributed by atoms with van der Waals surface area (Å²) in [7, 11) is 0. The topological polar surface area (TPSA) is 79.4 Å². The number of hydrogen-bond donors (Lipinski definition) is 2. The first kappa shape index (κ1) is 14.5. The fraction of sp³-hybridized carbons (Fsp3) is 0.615. The zero-order chi connectivity index (χ0) is 14.4. The van der Waals surface area contributed by atoms with E-state index in [0.29, 0.717) is 26.3 Å². The Labute approximate surface area is 118 Å². The summed E-state index contributed by atoms with van der Waals surface area (Å²) < 4.78 is 5.42. The highest BCUT2D eigenvalue weighted by Gasteiger charge is 2.30. The fourth-order valence-electron chi connectivity index (χ4n) is 2.17. The summed E-state index contributed by atoms with van der Waals surface area (Å²) in [6, 6.07) is 1.52. The monoisotopic (exact) mass is 279 g/mol. The van der Waals surface area contributed by atoms with Gasteiger partial charge in [-0.2, -0.15) is 0 Å². The molecular formula is C13H21N5O2. The molecule has 2 heterocycles. The lowest BCUT2D eigenvalue weighted by molar-refractivity contribution is -0.124. The Bertz CT molecular complexity index is 454. The van der Waals surface area contributed by atoms with Crippen LogP contribution >= 0.6 is 0 Å². The predicted octanol–water partition coefficient (Wildman–Crippen LogP) is 0.250. The molecule has 0 aliphatic carbocycles. The minimum atomic E-state index is -0.340. The van der Waals surface area contributed by atoms with Crippen molar-refractivity contribution in [3.63, 3.8) is 0 Å². The molecular weight excluding hydrogens is 258 g/mol. The van der Waals surface area contributed by atoms with Crippen molar-refractivity contribution in [1.82, 2.24) is 15.3 Å². The number of hydrogen-bond acceptors (Lipinski definition) is 6. The number of carbonyl (C=O) groups excluding carboxylic acids is 1. The summed E-state index contributed by atoms with van der Waals surface area (Å²) in [6.45, 7) is 6.93. The highest BCUT2D eigenvalue weighted by Crippen LogP contribution is 2.19. The number of amides is 1. The number of ether oxygens (including phenoxy) is 1. The van der Waals surface area contributed by atoms with Crippen LogP contribution < -0.4 is 15.5 Å². The third-order valence-electron chi connectivity index (χ3n) is 3.09. The first-order valence-corrected chi connectivity index (χ1v) is 6.94. The van der Waals surface area contributed by atoms with Gasteiger partial charge in [0.2, 0.25) is 5.91 Å². The third-order valence-corrected chi connectivity index (χ3v) is 3.09.